The molecule has 0 bridgehead atoms. The number of halogens is 2. The first-order chi connectivity index (χ1) is 8.95. The van der Waals surface area contributed by atoms with Crippen molar-refractivity contribution in [2.24, 2.45) is 5.41 Å². The van der Waals surface area contributed by atoms with E-state index in [9.17, 15) is 9.18 Å². The molecule has 0 saturated carbocycles. The van der Waals surface area contributed by atoms with E-state index in [0.29, 0.717) is 36.0 Å². The highest BCUT2D eigenvalue weighted by atomic mass is 79.9. The zero-order valence-corrected chi connectivity index (χ0v) is 12.2. The Morgan fingerprint density at radius 2 is 2.11 bits per heavy atom. The van der Waals surface area contributed by atoms with Crippen molar-refractivity contribution in [2.45, 2.75) is 19.8 Å². The average Bonchev–Trinajstić information content (AvgIpc) is 2.42. The van der Waals surface area contributed by atoms with Crippen molar-refractivity contribution in [3.05, 3.63) is 34.1 Å². The summed E-state index contributed by atoms with van der Waals surface area (Å²) in [4.78, 5) is 13.9. The molecule has 0 spiro atoms. The lowest BCUT2D eigenvalue weighted by atomic mass is 9.82. The molecule has 0 radical (unpaired) electrons. The van der Waals surface area contributed by atoms with Gasteiger partial charge in [-0.3, -0.25) is 4.79 Å². The van der Waals surface area contributed by atoms with Crippen LogP contribution in [0.1, 0.15) is 30.1 Å². The molecule has 100 valence electrons. The second kappa shape index (κ2) is 5.30. The summed E-state index contributed by atoms with van der Waals surface area (Å²) in [6, 6.07) is 6.67. The number of hydrogen-bond donors (Lipinski definition) is 0. The van der Waals surface area contributed by atoms with Gasteiger partial charge in [0.1, 0.15) is 5.82 Å². The summed E-state index contributed by atoms with van der Waals surface area (Å²) < 4.78 is 13.8. The maximum absolute atomic E-state index is 13.4. The van der Waals surface area contributed by atoms with Gasteiger partial charge < -0.3 is 4.90 Å². The first-order valence-electron chi connectivity index (χ1n) is 6.11. The van der Waals surface area contributed by atoms with E-state index in [1.165, 1.54) is 12.1 Å². The van der Waals surface area contributed by atoms with E-state index in [-0.39, 0.29) is 11.3 Å². The second-order valence-corrected chi connectivity index (χ2v) is 5.95. The molecule has 0 aromatic heterocycles. The lowest BCUT2D eigenvalue weighted by molar-refractivity contribution is 0.0661. The fraction of sp³-hybridized carbons (Fsp3) is 0.429. The molecule has 1 fully saturated rings. The minimum absolute atomic E-state index is 0.175. The van der Waals surface area contributed by atoms with Crippen LogP contribution < -0.4 is 0 Å². The summed E-state index contributed by atoms with van der Waals surface area (Å²) in [5.74, 6) is -0.615. The zero-order valence-electron chi connectivity index (χ0n) is 10.6. The van der Waals surface area contributed by atoms with Gasteiger partial charge in [-0.2, -0.15) is 5.26 Å². The Hall–Kier alpha value is -1.41. The van der Waals surface area contributed by atoms with E-state index in [2.05, 4.69) is 22.0 Å². The molecule has 0 unspecified atom stereocenters. The van der Waals surface area contributed by atoms with Gasteiger partial charge in [0.25, 0.3) is 5.91 Å². The molecule has 1 aromatic rings. The highest BCUT2D eigenvalue weighted by Gasteiger charge is 2.32. The quantitative estimate of drug-likeness (QED) is 0.795. The number of amides is 1. The van der Waals surface area contributed by atoms with E-state index in [4.69, 9.17) is 5.26 Å². The normalized spacial score (nSPS) is 17.9. The molecule has 1 aromatic carbocycles. The van der Waals surface area contributed by atoms with Gasteiger partial charge in [0.2, 0.25) is 0 Å². The van der Waals surface area contributed by atoms with Gasteiger partial charge >= 0.3 is 0 Å². The van der Waals surface area contributed by atoms with Gasteiger partial charge in [0, 0.05) is 18.7 Å². The summed E-state index contributed by atoms with van der Waals surface area (Å²) in [7, 11) is 0. The summed E-state index contributed by atoms with van der Waals surface area (Å²) in [6.07, 6.45) is 1.32. The van der Waals surface area contributed by atoms with Gasteiger partial charge in [-0.05, 0) is 53.9 Å². The highest BCUT2D eigenvalue weighted by Crippen LogP contribution is 2.30. The topological polar surface area (TPSA) is 44.1 Å². The molecule has 1 amide bonds. The Kier molecular flexibility index (Phi) is 3.91. The number of hydrogen-bond acceptors (Lipinski definition) is 2. The van der Waals surface area contributed by atoms with E-state index < -0.39 is 5.82 Å². The maximum atomic E-state index is 13.4. The van der Waals surface area contributed by atoms with E-state index >= 15 is 0 Å². The third-order valence-electron chi connectivity index (χ3n) is 3.59. The molecule has 5 heteroatoms. The fourth-order valence-electron chi connectivity index (χ4n) is 2.13. The molecule has 1 aliphatic heterocycles. The lowest BCUT2D eigenvalue weighted by Crippen LogP contribution is -2.41. The molecule has 0 atom stereocenters. The molecule has 19 heavy (non-hydrogen) atoms. The van der Waals surface area contributed by atoms with Crippen molar-refractivity contribution in [3.8, 4) is 6.07 Å². The minimum atomic E-state index is -0.440. The number of piperidine rings is 1. The number of carbonyl (C=O) groups is 1. The van der Waals surface area contributed by atoms with Crippen LogP contribution in [0.3, 0.4) is 0 Å². The summed E-state index contributed by atoms with van der Waals surface area (Å²) in [5, 5.41) is 9.05. The Morgan fingerprint density at radius 3 is 2.63 bits per heavy atom. The van der Waals surface area contributed by atoms with Crippen molar-refractivity contribution < 1.29 is 9.18 Å². The lowest BCUT2D eigenvalue weighted by Gasteiger charge is -2.35. The molecule has 1 saturated heterocycles. The molecule has 0 N–H and O–H groups in total. The largest absolute Gasteiger partial charge is 0.339 e. The van der Waals surface area contributed by atoms with Gasteiger partial charge in [-0.15, -0.1) is 0 Å². The standard InChI is InChI=1S/C14H14BrFN2O/c1-14(9-17)4-6-18(7-5-14)13(19)10-2-3-11(15)12(16)8-10/h2-3,8H,4-7H2,1H3. The van der Waals surface area contributed by atoms with Crippen LogP contribution in [0.2, 0.25) is 0 Å². The van der Waals surface area contributed by atoms with E-state index in [1.807, 2.05) is 6.92 Å². The van der Waals surface area contributed by atoms with Crippen molar-refractivity contribution in [1.82, 2.24) is 4.90 Å². The molecule has 1 heterocycles. The van der Waals surface area contributed by atoms with Crippen molar-refractivity contribution in [3.63, 3.8) is 0 Å². The van der Waals surface area contributed by atoms with Crippen molar-refractivity contribution >= 4 is 21.8 Å². The Labute approximate surface area is 120 Å². The molecular weight excluding hydrogens is 311 g/mol. The first kappa shape index (κ1) is 14.0. The van der Waals surface area contributed by atoms with Crippen LogP contribution in [-0.2, 0) is 0 Å². The average molecular weight is 325 g/mol. The monoisotopic (exact) mass is 324 g/mol. The van der Waals surface area contributed by atoms with Gasteiger partial charge in [0.15, 0.2) is 0 Å². The predicted octanol–water partition coefficient (Wildman–Crippen LogP) is 3.35. The third-order valence-corrected chi connectivity index (χ3v) is 4.23. The Bertz CT molecular complexity index is 545. The predicted molar refractivity (Wildman–Crippen MR) is 73.0 cm³/mol. The van der Waals surface area contributed by atoms with E-state index in [1.54, 1.807) is 11.0 Å². The van der Waals surface area contributed by atoms with Crippen LogP contribution in [0.15, 0.2) is 22.7 Å². The van der Waals surface area contributed by atoms with Gasteiger partial charge in [-0.25, -0.2) is 4.39 Å². The minimum Gasteiger partial charge on any atom is -0.339 e. The third kappa shape index (κ3) is 2.95. The number of likely N-dealkylation sites (tertiary alicyclic amines) is 1. The molecule has 2 rings (SSSR count). The Balaban J connectivity index is 2.10. The number of carbonyl (C=O) groups excluding carboxylic acids is 1. The molecule has 1 aliphatic rings. The van der Waals surface area contributed by atoms with E-state index in [0.717, 1.165) is 0 Å². The number of nitrogens with zero attached hydrogens (tertiary/aromatic N) is 2. The fourth-order valence-corrected chi connectivity index (χ4v) is 2.37. The molecule has 3 nitrogen and oxygen atoms in total. The van der Waals surface area contributed by atoms with Crippen LogP contribution in [0.4, 0.5) is 4.39 Å². The summed E-state index contributed by atoms with van der Waals surface area (Å²) in [6.45, 7) is 3.00. The summed E-state index contributed by atoms with van der Waals surface area (Å²) in [5.41, 5.74) is 0.00290. The zero-order chi connectivity index (χ0) is 14.0. The second-order valence-electron chi connectivity index (χ2n) is 5.09. The maximum Gasteiger partial charge on any atom is 0.253 e. The molecule has 0 aliphatic carbocycles. The van der Waals surface area contributed by atoms with Crippen molar-refractivity contribution in [1.29, 1.82) is 5.26 Å². The van der Waals surface area contributed by atoms with Gasteiger partial charge in [-0.1, -0.05) is 0 Å². The first-order valence-corrected chi connectivity index (χ1v) is 6.90. The number of nitriles is 1. The van der Waals surface area contributed by atoms with Crippen LogP contribution in [0.25, 0.3) is 0 Å². The molecular formula is C14H14BrFN2O. The number of rotatable bonds is 1. The Morgan fingerprint density at radius 1 is 1.47 bits per heavy atom. The van der Waals surface area contributed by atoms with Gasteiger partial charge in [0.05, 0.1) is 16.0 Å². The smallest absolute Gasteiger partial charge is 0.253 e. The van der Waals surface area contributed by atoms with Crippen LogP contribution in [0.5, 0.6) is 0 Å². The highest BCUT2D eigenvalue weighted by molar-refractivity contribution is 9.10. The SMILES string of the molecule is CC1(C#N)CCN(C(=O)c2ccc(Br)c(F)c2)CC1. The van der Waals surface area contributed by atoms with Crippen LogP contribution >= 0.6 is 15.9 Å². The van der Waals surface area contributed by atoms with Crippen LogP contribution in [0, 0.1) is 22.6 Å². The number of benzene rings is 1. The van der Waals surface area contributed by atoms with Crippen molar-refractivity contribution in [2.75, 3.05) is 13.1 Å². The van der Waals surface area contributed by atoms with Crippen LogP contribution in [-0.4, -0.2) is 23.9 Å². The summed E-state index contributed by atoms with van der Waals surface area (Å²) >= 11 is 3.06.